The second-order valence-corrected chi connectivity index (χ2v) is 3.64. The van der Waals surface area contributed by atoms with Crippen LogP contribution in [0.4, 0.5) is 4.39 Å². The summed E-state index contributed by atoms with van der Waals surface area (Å²) < 4.78 is 17.4. The van der Waals surface area contributed by atoms with Crippen molar-refractivity contribution in [1.82, 2.24) is 0 Å². The van der Waals surface area contributed by atoms with E-state index in [0.29, 0.717) is 0 Å². The van der Waals surface area contributed by atoms with Crippen molar-refractivity contribution in [1.29, 1.82) is 5.26 Å². The maximum absolute atomic E-state index is 13.1. The van der Waals surface area contributed by atoms with Crippen LogP contribution in [0.1, 0.15) is 23.7 Å². The van der Waals surface area contributed by atoms with Gasteiger partial charge >= 0.3 is 5.97 Å². The van der Waals surface area contributed by atoms with Gasteiger partial charge in [0.15, 0.2) is 0 Å². The van der Waals surface area contributed by atoms with Crippen LogP contribution in [0.2, 0.25) is 0 Å². The van der Waals surface area contributed by atoms with Gasteiger partial charge in [0, 0.05) is 0 Å². The van der Waals surface area contributed by atoms with Crippen molar-refractivity contribution in [2.75, 3.05) is 7.11 Å². The van der Waals surface area contributed by atoms with Crippen molar-refractivity contribution < 1.29 is 24.1 Å². The quantitative estimate of drug-likeness (QED) is 0.769. The third-order valence-corrected chi connectivity index (χ3v) is 2.42. The zero-order valence-corrected chi connectivity index (χ0v) is 9.63. The number of rotatable bonds is 4. The lowest BCUT2D eigenvalue weighted by atomic mass is 10.00. The van der Waals surface area contributed by atoms with Gasteiger partial charge in [-0.05, 0) is 17.7 Å². The van der Waals surface area contributed by atoms with Crippen LogP contribution in [0.25, 0.3) is 0 Å². The van der Waals surface area contributed by atoms with E-state index < -0.39 is 30.4 Å². The number of carbonyl (C=O) groups is 1. The van der Waals surface area contributed by atoms with Crippen LogP contribution >= 0.6 is 0 Å². The van der Waals surface area contributed by atoms with Gasteiger partial charge in [0.05, 0.1) is 25.2 Å². The first-order chi connectivity index (χ1) is 8.49. The lowest BCUT2D eigenvalue weighted by Gasteiger charge is -2.17. The molecular weight excluding hydrogens is 241 g/mol. The summed E-state index contributed by atoms with van der Waals surface area (Å²) >= 11 is 0. The van der Waals surface area contributed by atoms with E-state index in [-0.39, 0.29) is 11.1 Å². The molecule has 0 aliphatic rings. The monoisotopic (exact) mass is 253 g/mol. The minimum absolute atomic E-state index is 0.157. The number of nitriles is 1. The van der Waals surface area contributed by atoms with Gasteiger partial charge in [-0.1, -0.05) is 6.07 Å². The number of halogens is 1. The smallest absolute Gasteiger partial charge is 0.308 e. The number of nitrogens with zero attached hydrogens (tertiary/aromatic N) is 1. The fourth-order valence-electron chi connectivity index (χ4n) is 1.40. The van der Waals surface area contributed by atoms with E-state index in [1.165, 1.54) is 6.07 Å². The molecule has 2 unspecified atom stereocenters. The number of methoxy groups -OCH3 is 1. The van der Waals surface area contributed by atoms with E-state index in [1.807, 2.05) is 0 Å². The molecule has 18 heavy (non-hydrogen) atoms. The van der Waals surface area contributed by atoms with Crippen LogP contribution in [-0.2, 0) is 9.53 Å². The predicted octanol–water partition coefficient (Wildman–Crippen LogP) is 0.655. The lowest BCUT2D eigenvalue weighted by Crippen LogP contribution is -2.22. The number of esters is 1. The number of carbonyl (C=O) groups excluding carboxylic acids is 1. The molecule has 0 fully saturated rings. The fourth-order valence-corrected chi connectivity index (χ4v) is 1.40. The summed E-state index contributed by atoms with van der Waals surface area (Å²) in [6.45, 7) is 0. The predicted molar refractivity (Wildman–Crippen MR) is 58.7 cm³/mol. The van der Waals surface area contributed by atoms with Crippen molar-refractivity contribution in [3.63, 3.8) is 0 Å². The van der Waals surface area contributed by atoms with Gasteiger partial charge in [0.1, 0.15) is 18.0 Å². The third-order valence-electron chi connectivity index (χ3n) is 2.42. The molecule has 0 saturated carbocycles. The zero-order chi connectivity index (χ0) is 13.7. The van der Waals surface area contributed by atoms with Crippen LogP contribution in [0.3, 0.4) is 0 Å². The van der Waals surface area contributed by atoms with Crippen LogP contribution in [0, 0.1) is 17.1 Å². The van der Waals surface area contributed by atoms with Crippen LogP contribution in [0.15, 0.2) is 18.2 Å². The molecule has 1 rings (SSSR count). The zero-order valence-electron chi connectivity index (χ0n) is 9.63. The van der Waals surface area contributed by atoms with Gasteiger partial charge in [-0.3, -0.25) is 4.79 Å². The summed E-state index contributed by atoms with van der Waals surface area (Å²) in [5.74, 6) is -1.39. The molecule has 2 N–H and O–H groups in total. The van der Waals surface area contributed by atoms with E-state index in [1.54, 1.807) is 6.07 Å². The number of hydrogen-bond donors (Lipinski definition) is 2. The maximum Gasteiger partial charge on any atom is 0.308 e. The van der Waals surface area contributed by atoms with E-state index in [9.17, 15) is 19.4 Å². The van der Waals surface area contributed by atoms with Gasteiger partial charge in [0.2, 0.25) is 0 Å². The minimum atomic E-state index is -1.39. The number of ether oxygens (including phenoxy) is 1. The van der Waals surface area contributed by atoms with Crippen molar-refractivity contribution in [3.8, 4) is 6.07 Å². The SMILES string of the molecule is COC(=O)CC(O)C(O)c1ccc(F)c(C#N)c1. The summed E-state index contributed by atoms with van der Waals surface area (Å²) in [6, 6.07) is 5.00. The van der Waals surface area contributed by atoms with E-state index in [0.717, 1.165) is 19.2 Å². The Morgan fingerprint density at radius 2 is 2.22 bits per heavy atom. The van der Waals surface area contributed by atoms with Gasteiger partial charge in [0.25, 0.3) is 0 Å². The Hall–Kier alpha value is -1.97. The van der Waals surface area contributed by atoms with Crippen molar-refractivity contribution >= 4 is 5.97 Å². The molecule has 0 amide bonds. The molecule has 0 aliphatic carbocycles. The minimum Gasteiger partial charge on any atom is -0.469 e. The Labute approximate surface area is 103 Å². The fraction of sp³-hybridized carbons (Fsp3) is 0.333. The Morgan fingerprint density at radius 1 is 1.56 bits per heavy atom. The maximum atomic E-state index is 13.1. The second kappa shape index (κ2) is 6.10. The summed E-state index contributed by atoms with van der Waals surface area (Å²) in [4.78, 5) is 10.9. The highest BCUT2D eigenvalue weighted by Gasteiger charge is 2.22. The Balaban J connectivity index is 2.87. The molecule has 0 aliphatic heterocycles. The van der Waals surface area contributed by atoms with Gasteiger partial charge in [-0.15, -0.1) is 0 Å². The van der Waals surface area contributed by atoms with E-state index in [2.05, 4.69) is 4.74 Å². The normalized spacial score (nSPS) is 13.5. The molecule has 2 atom stereocenters. The highest BCUT2D eigenvalue weighted by molar-refractivity contribution is 5.69. The van der Waals surface area contributed by atoms with Crippen molar-refractivity contribution in [3.05, 3.63) is 35.1 Å². The van der Waals surface area contributed by atoms with Crippen LogP contribution in [0.5, 0.6) is 0 Å². The van der Waals surface area contributed by atoms with E-state index >= 15 is 0 Å². The molecule has 0 heterocycles. The van der Waals surface area contributed by atoms with Gasteiger partial charge in [-0.25, -0.2) is 4.39 Å². The summed E-state index contributed by atoms with van der Waals surface area (Å²) in [5, 5.41) is 28.0. The third kappa shape index (κ3) is 3.26. The second-order valence-electron chi connectivity index (χ2n) is 3.64. The van der Waals surface area contributed by atoms with Gasteiger partial charge < -0.3 is 14.9 Å². The molecule has 5 nitrogen and oxygen atoms in total. The number of hydrogen-bond acceptors (Lipinski definition) is 5. The molecular formula is C12H12FNO4. The first-order valence-electron chi connectivity index (χ1n) is 5.12. The Kier molecular flexibility index (Phi) is 4.77. The lowest BCUT2D eigenvalue weighted by molar-refractivity contribution is -0.144. The van der Waals surface area contributed by atoms with Crippen molar-refractivity contribution in [2.24, 2.45) is 0 Å². The molecule has 0 bridgehead atoms. The average molecular weight is 253 g/mol. The Morgan fingerprint density at radius 3 is 2.78 bits per heavy atom. The molecule has 6 heteroatoms. The van der Waals surface area contributed by atoms with Crippen molar-refractivity contribution in [2.45, 2.75) is 18.6 Å². The van der Waals surface area contributed by atoms with Gasteiger partial charge in [-0.2, -0.15) is 5.26 Å². The molecule has 0 radical (unpaired) electrons. The molecule has 96 valence electrons. The standard InChI is InChI=1S/C12H12FNO4/c1-18-11(16)5-10(15)12(17)7-2-3-9(13)8(4-7)6-14/h2-4,10,12,15,17H,5H2,1H3. The van der Waals surface area contributed by atoms with E-state index in [4.69, 9.17) is 5.26 Å². The highest BCUT2D eigenvalue weighted by atomic mass is 19.1. The largest absolute Gasteiger partial charge is 0.469 e. The summed E-state index contributed by atoms with van der Waals surface area (Å²) in [6.07, 6.45) is -3.16. The molecule has 0 aromatic heterocycles. The topological polar surface area (TPSA) is 90.6 Å². The molecule has 1 aromatic rings. The summed E-state index contributed by atoms with van der Waals surface area (Å²) in [7, 11) is 1.16. The molecule has 0 saturated heterocycles. The first-order valence-corrected chi connectivity index (χ1v) is 5.12. The van der Waals surface area contributed by atoms with Crippen LogP contribution < -0.4 is 0 Å². The summed E-state index contributed by atoms with van der Waals surface area (Å²) in [5.41, 5.74) is -0.0822. The van der Waals surface area contributed by atoms with Crippen LogP contribution in [-0.4, -0.2) is 29.4 Å². The number of aliphatic hydroxyl groups is 2. The molecule has 0 spiro atoms. The average Bonchev–Trinajstić information content (AvgIpc) is 2.38. The number of aliphatic hydroxyl groups excluding tert-OH is 2. The number of benzene rings is 1. The highest BCUT2D eigenvalue weighted by Crippen LogP contribution is 2.21. The first kappa shape index (κ1) is 14.1. The molecule has 1 aromatic carbocycles. The Bertz CT molecular complexity index is 483.